The van der Waals surface area contributed by atoms with Crippen LogP contribution in [-0.4, -0.2) is 66.5 Å². The average molecular weight is 466 g/mol. The fourth-order valence-electron chi connectivity index (χ4n) is 4.00. The molecule has 0 aliphatic carbocycles. The number of carboxylic acids is 1. The Labute approximate surface area is 190 Å². The lowest BCUT2D eigenvalue weighted by Gasteiger charge is -2.32. The number of nitrogens with one attached hydrogen (secondary N) is 3. The molecule has 1 saturated heterocycles. The molecule has 0 radical (unpaired) electrons. The van der Waals surface area contributed by atoms with E-state index in [0.717, 1.165) is 31.2 Å². The predicted molar refractivity (Wildman–Crippen MR) is 116 cm³/mol. The summed E-state index contributed by atoms with van der Waals surface area (Å²) in [5.41, 5.74) is 0.0586. The zero-order valence-corrected chi connectivity index (χ0v) is 18.3. The van der Waals surface area contributed by atoms with Crippen LogP contribution in [0.15, 0.2) is 23.2 Å². The van der Waals surface area contributed by atoms with Crippen LogP contribution in [0.25, 0.3) is 0 Å². The van der Waals surface area contributed by atoms with Gasteiger partial charge in [-0.05, 0) is 37.0 Å². The van der Waals surface area contributed by atoms with E-state index in [4.69, 9.17) is 5.11 Å². The van der Waals surface area contributed by atoms with E-state index in [1.807, 2.05) is 0 Å². The van der Waals surface area contributed by atoms with Crippen LogP contribution < -0.4 is 16.0 Å². The Balaban J connectivity index is 1.45. The van der Waals surface area contributed by atoms with E-state index in [1.165, 1.54) is 0 Å². The van der Waals surface area contributed by atoms with E-state index in [1.54, 1.807) is 4.90 Å². The van der Waals surface area contributed by atoms with Gasteiger partial charge < -0.3 is 26.0 Å². The summed E-state index contributed by atoms with van der Waals surface area (Å²) >= 11 is 0. The molecule has 2 aliphatic heterocycles. The number of benzene rings is 1. The molecule has 2 amide bonds. The number of rotatable bonds is 9. The topological polar surface area (TPSA) is 123 Å². The molecule has 1 aromatic carbocycles. The third-order valence-corrected chi connectivity index (χ3v) is 5.73. The summed E-state index contributed by atoms with van der Waals surface area (Å²) in [5, 5.41) is 18.0. The third-order valence-electron chi connectivity index (χ3n) is 5.73. The maximum Gasteiger partial charge on any atom is 0.305 e. The van der Waals surface area contributed by atoms with Crippen LogP contribution in [0.1, 0.15) is 43.7 Å². The molecule has 0 spiro atoms. The van der Waals surface area contributed by atoms with Crippen molar-refractivity contribution in [1.82, 2.24) is 20.9 Å². The minimum Gasteiger partial charge on any atom is -0.481 e. The van der Waals surface area contributed by atoms with Gasteiger partial charge in [0.25, 0.3) is 0 Å². The number of aliphatic imine (C=N–C) groups is 1. The van der Waals surface area contributed by atoms with Crippen LogP contribution >= 0.6 is 0 Å². The van der Waals surface area contributed by atoms with Gasteiger partial charge in [-0.15, -0.1) is 0 Å². The molecule has 33 heavy (non-hydrogen) atoms. The lowest BCUT2D eigenvalue weighted by atomic mass is 9.94. The van der Waals surface area contributed by atoms with Gasteiger partial charge in [-0.1, -0.05) is 0 Å². The van der Waals surface area contributed by atoms with Crippen LogP contribution in [0.3, 0.4) is 0 Å². The first-order valence-corrected chi connectivity index (χ1v) is 11.1. The standard InChI is InChI=1S/C22H29F2N5O4/c23-16-10-15(11-17(24)12-16)18(13-20(31)32)28-21(33)14-3-8-29(9-4-14)19(30)2-1-5-25-22-26-6-7-27-22/h10-12,14,18H,1-9,13H2,(H,28,33)(H,31,32)(H2,25,26,27). The Morgan fingerprint density at radius 2 is 1.88 bits per heavy atom. The van der Waals surface area contributed by atoms with Crippen molar-refractivity contribution in [2.24, 2.45) is 10.9 Å². The van der Waals surface area contributed by atoms with E-state index in [9.17, 15) is 23.2 Å². The first-order chi connectivity index (χ1) is 15.8. The van der Waals surface area contributed by atoms with E-state index in [-0.39, 0.29) is 17.4 Å². The number of guanidine groups is 1. The summed E-state index contributed by atoms with van der Waals surface area (Å²) in [6, 6.07) is 1.67. The monoisotopic (exact) mass is 465 g/mol. The maximum atomic E-state index is 13.6. The van der Waals surface area contributed by atoms with Crippen molar-refractivity contribution in [2.45, 2.75) is 38.1 Å². The highest BCUT2D eigenvalue weighted by atomic mass is 19.1. The van der Waals surface area contributed by atoms with Gasteiger partial charge in [-0.25, -0.2) is 8.78 Å². The van der Waals surface area contributed by atoms with Crippen LogP contribution in [0.4, 0.5) is 8.78 Å². The lowest BCUT2D eigenvalue weighted by Crippen LogP contribution is -2.44. The summed E-state index contributed by atoms with van der Waals surface area (Å²) in [4.78, 5) is 42.3. The molecule has 4 N–H and O–H groups in total. The minimum atomic E-state index is -1.20. The van der Waals surface area contributed by atoms with Crippen LogP contribution in [-0.2, 0) is 14.4 Å². The van der Waals surface area contributed by atoms with Gasteiger partial charge in [0.15, 0.2) is 5.96 Å². The predicted octanol–water partition coefficient (Wildman–Crippen LogP) is 1.16. The molecule has 1 atom stereocenters. The van der Waals surface area contributed by atoms with Crippen LogP contribution in [0.5, 0.6) is 0 Å². The van der Waals surface area contributed by atoms with Crippen molar-refractivity contribution in [3.05, 3.63) is 35.4 Å². The number of nitrogens with zero attached hydrogens (tertiary/aromatic N) is 2. The molecule has 1 unspecified atom stereocenters. The number of aliphatic carboxylic acids is 1. The molecular weight excluding hydrogens is 436 g/mol. The molecule has 9 nitrogen and oxygen atoms in total. The van der Waals surface area contributed by atoms with Gasteiger partial charge in [0.2, 0.25) is 11.8 Å². The summed E-state index contributed by atoms with van der Waals surface area (Å²) in [7, 11) is 0. The first kappa shape index (κ1) is 24.4. The molecule has 3 rings (SSSR count). The van der Waals surface area contributed by atoms with Crippen LogP contribution in [0, 0.1) is 17.6 Å². The number of piperidine rings is 1. The highest BCUT2D eigenvalue weighted by molar-refractivity contribution is 5.82. The summed E-state index contributed by atoms with van der Waals surface area (Å²) in [6.45, 7) is 3.07. The number of likely N-dealkylation sites (tertiary alicyclic amines) is 1. The molecule has 180 valence electrons. The molecule has 2 aliphatic rings. The molecule has 1 fully saturated rings. The SMILES string of the molecule is O=C(O)CC(NC(=O)C1CCN(C(=O)CCCNC2=NCCN2)CC1)c1cc(F)cc(F)c1. The van der Waals surface area contributed by atoms with E-state index < -0.39 is 36.0 Å². The zero-order chi connectivity index (χ0) is 23.8. The number of hydrogen-bond donors (Lipinski definition) is 4. The first-order valence-electron chi connectivity index (χ1n) is 11.1. The largest absolute Gasteiger partial charge is 0.481 e. The highest BCUT2D eigenvalue weighted by Gasteiger charge is 2.29. The van der Waals surface area contributed by atoms with Crippen molar-refractivity contribution >= 4 is 23.7 Å². The molecule has 1 aromatic rings. The molecule has 11 heteroatoms. The van der Waals surface area contributed by atoms with Crippen molar-refractivity contribution < 1.29 is 28.3 Å². The van der Waals surface area contributed by atoms with Crippen molar-refractivity contribution in [3.63, 3.8) is 0 Å². The fourth-order valence-corrected chi connectivity index (χ4v) is 4.00. The van der Waals surface area contributed by atoms with Crippen molar-refractivity contribution in [2.75, 3.05) is 32.7 Å². The second-order valence-corrected chi connectivity index (χ2v) is 8.20. The highest BCUT2D eigenvalue weighted by Crippen LogP contribution is 2.23. The fraction of sp³-hybridized carbons (Fsp3) is 0.545. The van der Waals surface area contributed by atoms with E-state index >= 15 is 0 Å². The summed E-state index contributed by atoms with van der Waals surface area (Å²) in [6.07, 6.45) is 1.44. The molecule has 0 saturated carbocycles. The number of carbonyl (C=O) groups is 3. The normalized spacial score (nSPS) is 17.2. The molecule has 0 aromatic heterocycles. The van der Waals surface area contributed by atoms with Crippen molar-refractivity contribution in [1.29, 1.82) is 0 Å². The van der Waals surface area contributed by atoms with Gasteiger partial charge in [0, 0.05) is 44.6 Å². The number of carboxylic acid groups (broad SMARTS) is 1. The molecular formula is C22H29F2N5O4. The Hall–Kier alpha value is -3.24. The number of amides is 2. The van der Waals surface area contributed by atoms with Gasteiger partial charge in [0.05, 0.1) is 19.0 Å². The zero-order valence-electron chi connectivity index (χ0n) is 18.3. The van der Waals surface area contributed by atoms with Gasteiger partial charge in [-0.3, -0.25) is 19.4 Å². The number of halogens is 2. The number of hydrogen-bond acceptors (Lipinski definition) is 6. The smallest absolute Gasteiger partial charge is 0.305 e. The Bertz CT molecular complexity index is 883. The Morgan fingerprint density at radius 1 is 1.18 bits per heavy atom. The van der Waals surface area contributed by atoms with E-state index in [2.05, 4.69) is 20.9 Å². The minimum absolute atomic E-state index is 0.0240. The van der Waals surface area contributed by atoms with Crippen LogP contribution in [0.2, 0.25) is 0 Å². The van der Waals surface area contributed by atoms with Gasteiger partial charge in [0.1, 0.15) is 11.6 Å². The average Bonchev–Trinajstić information content (AvgIpc) is 3.29. The summed E-state index contributed by atoms with van der Waals surface area (Å²) in [5.74, 6) is -2.89. The quantitative estimate of drug-likeness (QED) is 0.406. The number of carbonyl (C=O) groups excluding carboxylic acids is 2. The van der Waals surface area contributed by atoms with Crippen molar-refractivity contribution in [3.8, 4) is 0 Å². The van der Waals surface area contributed by atoms with Gasteiger partial charge >= 0.3 is 5.97 Å². The molecule has 0 bridgehead atoms. The maximum absolute atomic E-state index is 13.6. The van der Waals surface area contributed by atoms with E-state index in [0.29, 0.717) is 51.4 Å². The molecule has 2 heterocycles. The second-order valence-electron chi connectivity index (χ2n) is 8.20. The lowest BCUT2D eigenvalue weighted by molar-refractivity contribution is -0.139. The Morgan fingerprint density at radius 3 is 2.48 bits per heavy atom. The third kappa shape index (κ3) is 7.40. The van der Waals surface area contributed by atoms with Gasteiger partial charge in [-0.2, -0.15) is 0 Å². The Kier molecular flexibility index (Phi) is 8.56. The summed E-state index contributed by atoms with van der Waals surface area (Å²) < 4.78 is 27.2. The second kappa shape index (κ2) is 11.6.